The number of aliphatic imine (C=N–C) groups is 1. The number of carbonyl (C=O) groups is 2. The number of esters is 2. The Hall–Kier alpha value is -2.41. The molecule has 0 aromatic heterocycles. The van der Waals surface area contributed by atoms with E-state index in [-0.39, 0.29) is 30.9 Å². The Bertz CT molecular complexity index is 771. The fourth-order valence-corrected chi connectivity index (χ4v) is 4.68. The maximum absolute atomic E-state index is 13.3. The molecule has 0 amide bonds. The number of rotatable bonds is 10. The average molecular weight is 472 g/mol. The Morgan fingerprint density at radius 1 is 1.00 bits per heavy atom. The summed E-state index contributed by atoms with van der Waals surface area (Å²) in [6, 6.07) is 10.3. The Labute approximate surface area is 204 Å². The van der Waals surface area contributed by atoms with E-state index < -0.39 is 12.1 Å². The van der Waals surface area contributed by atoms with Crippen molar-refractivity contribution in [3.8, 4) is 0 Å². The van der Waals surface area contributed by atoms with Gasteiger partial charge < -0.3 is 20.1 Å². The lowest BCUT2D eigenvalue weighted by atomic mass is 9.95. The maximum atomic E-state index is 13.3. The molecule has 0 saturated heterocycles. The van der Waals surface area contributed by atoms with Crippen LogP contribution in [0.4, 0.5) is 0 Å². The second-order valence-corrected chi connectivity index (χ2v) is 9.50. The van der Waals surface area contributed by atoms with Gasteiger partial charge in [0.25, 0.3) is 6.02 Å². The summed E-state index contributed by atoms with van der Waals surface area (Å²) in [5.41, 5.74) is 0.915. The molecule has 7 nitrogen and oxygen atoms in total. The molecule has 7 heteroatoms. The molecule has 0 aliphatic heterocycles. The van der Waals surface area contributed by atoms with Crippen LogP contribution in [-0.4, -0.2) is 49.7 Å². The first-order chi connectivity index (χ1) is 16.6. The summed E-state index contributed by atoms with van der Waals surface area (Å²) < 4.78 is 11.4. The van der Waals surface area contributed by atoms with E-state index in [0.29, 0.717) is 19.0 Å². The second-order valence-electron chi connectivity index (χ2n) is 9.50. The summed E-state index contributed by atoms with van der Waals surface area (Å²) >= 11 is 0. The molecule has 2 aliphatic carbocycles. The van der Waals surface area contributed by atoms with Crippen LogP contribution >= 0.6 is 0 Å². The monoisotopic (exact) mass is 471 g/mol. The molecule has 3 rings (SSSR count). The molecule has 1 aromatic carbocycles. The van der Waals surface area contributed by atoms with Gasteiger partial charge in [-0.1, -0.05) is 68.9 Å². The van der Waals surface area contributed by atoms with E-state index in [1.54, 1.807) is 0 Å². The van der Waals surface area contributed by atoms with Crippen molar-refractivity contribution in [2.45, 2.75) is 102 Å². The topological polar surface area (TPSA) is 89.0 Å². The van der Waals surface area contributed by atoms with Crippen molar-refractivity contribution in [2.24, 2.45) is 4.99 Å². The lowest BCUT2D eigenvalue weighted by Crippen LogP contribution is -2.42. The van der Waals surface area contributed by atoms with Crippen LogP contribution in [0.1, 0.15) is 82.6 Å². The molecule has 1 atom stereocenters. The third-order valence-corrected chi connectivity index (χ3v) is 6.61. The van der Waals surface area contributed by atoms with Crippen molar-refractivity contribution in [1.82, 2.24) is 10.6 Å². The third kappa shape index (κ3) is 9.45. The lowest BCUT2D eigenvalue weighted by Gasteiger charge is -2.26. The standard InChI is InChI=1S/C27H41N3O4/c1-28-19-11-18-25(31)33-24(20-21-12-5-2-6-13-21)26(32)34-27(29-22-14-7-3-8-15-22)30-23-16-9-4-10-17-23/h2,5-6,12-13,22-24,28H,3-4,7-11,14-20H2,1H3,(H,29,30). The Morgan fingerprint density at radius 3 is 2.35 bits per heavy atom. The molecule has 2 saturated carbocycles. The van der Waals surface area contributed by atoms with Gasteiger partial charge in [0.2, 0.25) is 6.10 Å². The Kier molecular flexibility index (Phi) is 11.4. The van der Waals surface area contributed by atoms with Gasteiger partial charge in [0, 0.05) is 18.9 Å². The van der Waals surface area contributed by atoms with Gasteiger partial charge in [-0.25, -0.2) is 9.79 Å². The predicted octanol–water partition coefficient (Wildman–Crippen LogP) is 4.29. The summed E-state index contributed by atoms with van der Waals surface area (Å²) in [7, 11) is 1.84. The van der Waals surface area contributed by atoms with Crippen LogP contribution in [-0.2, 0) is 25.5 Å². The molecule has 2 aliphatic rings. The Balaban J connectivity index is 1.70. The zero-order chi connectivity index (χ0) is 24.0. The number of carbonyl (C=O) groups excluding carboxylic acids is 2. The van der Waals surface area contributed by atoms with Gasteiger partial charge in [0.15, 0.2) is 0 Å². The molecule has 34 heavy (non-hydrogen) atoms. The van der Waals surface area contributed by atoms with Crippen molar-refractivity contribution < 1.29 is 19.1 Å². The highest BCUT2D eigenvalue weighted by Crippen LogP contribution is 2.22. The third-order valence-electron chi connectivity index (χ3n) is 6.61. The molecular weight excluding hydrogens is 430 g/mol. The lowest BCUT2D eigenvalue weighted by molar-refractivity contribution is -0.163. The van der Waals surface area contributed by atoms with Gasteiger partial charge in [-0.15, -0.1) is 0 Å². The number of hydrogen-bond donors (Lipinski definition) is 2. The molecule has 0 bridgehead atoms. The number of hydrogen-bond acceptors (Lipinski definition) is 6. The fourth-order valence-electron chi connectivity index (χ4n) is 4.68. The molecule has 2 N–H and O–H groups in total. The zero-order valence-corrected chi connectivity index (χ0v) is 20.6. The first-order valence-electron chi connectivity index (χ1n) is 13.1. The van der Waals surface area contributed by atoms with Crippen LogP contribution in [0.5, 0.6) is 0 Å². The van der Waals surface area contributed by atoms with Crippen molar-refractivity contribution >= 4 is 18.0 Å². The van der Waals surface area contributed by atoms with Crippen LogP contribution < -0.4 is 10.6 Å². The fraction of sp³-hybridized carbons (Fsp3) is 0.667. The van der Waals surface area contributed by atoms with Crippen LogP contribution in [0.25, 0.3) is 0 Å². The molecule has 0 spiro atoms. The Morgan fingerprint density at radius 2 is 1.68 bits per heavy atom. The molecular formula is C27H41N3O4. The summed E-state index contributed by atoms with van der Waals surface area (Å²) in [6.07, 6.45) is 11.4. The van der Waals surface area contributed by atoms with Crippen LogP contribution in [0.15, 0.2) is 35.3 Å². The first kappa shape index (κ1) is 26.2. The molecule has 0 heterocycles. The summed E-state index contributed by atoms with van der Waals surface area (Å²) in [4.78, 5) is 30.5. The molecule has 2 fully saturated rings. The minimum absolute atomic E-state index is 0.171. The van der Waals surface area contributed by atoms with E-state index in [0.717, 1.165) is 44.1 Å². The van der Waals surface area contributed by atoms with E-state index in [4.69, 9.17) is 14.5 Å². The highest BCUT2D eigenvalue weighted by molar-refractivity contribution is 5.91. The minimum Gasteiger partial charge on any atom is -0.450 e. The second kappa shape index (κ2) is 14.8. The van der Waals surface area contributed by atoms with Gasteiger partial charge >= 0.3 is 11.9 Å². The SMILES string of the molecule is CNCCCC(=O)OC(Cc1ccccc1)C(=O)OC(=NC1CCCCC1)NC1CCCCC1. The largest absolute Gasteiger partial charge is 0.450 e. The number of nitrogens with zero attached hydrogens (tertiary/aromatic N) is 1. The van der Waals surface area contributed by atoms with Crippen LogP contribution in [0.3, 0.4) is 0 Å². The van der Waals surface area contributed by atoms with Gasteiger partial charge in [-0.3, -0.25) is 4.79 Å². The van der Waals surface area contributed by atoms with Crippen molar-refractivity contribution in [3.05, 3.63) is 35.9 Å². The summed E-state index contributed by atoms with van der Waals surface area (Å²) in [5, 5.41) is 6.43. The summed E-state index contributed by atoms with van der Waals surface area (Å²) in [6.45, 7) is 0.715. The highest BCUT2D eigenvalue weighted by atomic mass is 16.6. The van der Waals surface area contributed by atoms with E-state index in [9.17, 15) is 9.59 Å². The first-order valence-corrected chi connectivity index (χ1v) is 13.1. The molecule has 0 radical (unpaired) electrons. The smallest absolute Gasteiger partial charge is 0.355 e. The minimum atomic E-state index is -1.01. The van der Waals surface area contributed by atoms with E-state index in [2.05, 4.69) is 10.6 Å². The van der Waals surface area contributed by atoms with Gasteiger partial charge in [0.1, 0.15) is 0 Å². The average Bonchev–Trinajstić information content (AvgIpc) is 2.85. The number of amidine groups is 1. The maximum Gasteiger partial charge on any atom is 0.355 e. The van der Waals surface area contributed by atoms with Gasteiger partial charge in [-0.2, -0.15) is 0 Å². The molecule has 1 aromatic rings. The molecule has 188 valence electrons. The van der Waals surface area contributed by atoms with Gasteiger partial charge in [0.05, 0.1) is 6.04 Å². The van der Waals surface area contributed by atoms with E-state index >= 15 is 0 Å². The number of nitrogens with one attached hydrogen (secondary N) is 2. The van der Waals surface area contributed by atoms with Gasteiger partial charge in [-0.05, 0) is 51.3 Å². The van der Waals surface area contributed by atoms with E-state index in [1.165, 1.54) is 25.7 Å². The van der Waals surface area contributed by atoms with Crippen LogP contribution in [0, 0.1) is 0 Å². The predicted molar refractivity (Wildman–Crippen MR) is 134 cm³/mol. The molecule has 1 unspecified atom stereocenters. The van der Waals surface area contributed by atoms with E-state index in [1.807, 2.05) is 37.4 Å². The van der Waals surface area contributed by atoms with Crippen molar-refractivity contribution in [2.75, 3.05) is 13.6 Å². The zero-order valence-electron chi connectivity index (χ0n) is 20.6. The number of benzene rings is 1. The normalized spacial score (nSPS) is 18.8. The van der Waals surface area contributed by atoms with Crippen LogP contribution in [0.2, 0.25) is 0 Å². The quantitative estimate of drug-likeness (QED) is 0.229. The highest BCUT2D eigenvalue weighted by Gasteiger charge is 2.28. The number of ether oxygens (including phenoxy) is 2. The van der Waals surface area contributed by atoms with Crippen molar-refractivity contribution in [3.63, 3.8) is 0 Å². The summed E-state index contributed by atoms with van der Waals surface area (Å²) in [5.74, 6) is -0.956. The van der Waals surface area contributed by atoms with Crippen molar-refractivity contribution in [1.29, 1.82) is 0 Å².